The molecule has 2 nitrogen and oxygen atoms in total. The van der Waals surface area contributed by atoms with Gasteiger partial charge in [-0.25, -0.2) is 0 Å². The van der Waals surface area contributed by atoms with Crippen LogP contribution in [0.2, 0.25) is 0 Å². The van der Waals surface area contributed by atoms with Crippen molar-refractivity contribution in [3.8, 4) is 0 Å². The Labute approximate surface area is 104 Å². The zero-order valence-corrected chi connectivity index (χ0v) is 12.0. The molecule has 0 atom stereocenters. The van der Waals surface area contributed by atoms with E-state index in [0.29, 0.717) is 0 Å². The molecule has 0 saturated heterocycles. The van der Waals surface area contributed by atoms with Crippen LogP contribution in [-0.2, 0) is 32.7 Å². The van der Waals surface area contributed by atoms with E-state index < -0.39 is 0 Å². The van der Waals surface area contributed by atoms with Gasteiger partial charge in [0.15, 0.2) is 0 Å². The second-order valence-corrected chi connectivity index (χ2v) is 2.01. The molecule has 2 N–H and O–H groups in total. The quantitative estimate of drug-likeness (QED) is 0.753. The molecular formula is C9H24N2Y-2. The average Bonchev–Trinajstić information content (AvgIpc) is 2.08. The largest absolute Gasteiger partial charge is 0.365 e. The zero-order valence-electron chi connectivity index (χ0n) is 9.14. The van der Waals surface area contributed by atoms with Crippen LogP contribution in [0.4, 0.5) is 0 Å². The van der Waals surface area contributed by atoms with Crippen LogP contribution in [0, 0.1) is 13.8 Å². The molecule has 0 heterocycles. The first-order valence-electron chi connectivity index (χ1n) is 4.07. The Morgan fingerprint density at radius 2 is 1.25 bits per heavy atom. The van der Waals surface area contributed by atoms with Gasteiger partial charge in [-0.2, -0.15) is 0 Å². The average molecular weight is 249 g/mol. The maximum atomic E-state index is 4.50. The summed E-state index contributed by atoms with van der Waals surface area (Å²) in [5.41, 5.74) is 4.50. The second-order valence-electron chi connectivity index (χ2n) is 2.01. The van der Waals surface area contributed by atoms with Gasteiger partial charge >= 0.3 is 0 Å². The molecule has 0 aromatic carbocycles. The van der Waals surface area contributed by atoms with Crippen molar-refractivity contribution < 1.29 is 32.7 Å². The molecule has 0 aromatic heterocycles. The Balaban J connectivity index is -0.0000000462. The molecule has 0 aliphatic carbocycles. The van der Waals surface area contributed by atoms with Gasteiger partial charge in [-0.05, 0) is 14.1 Å². The van der Waals surface area contributed by atoms with E-state index in [0.717, 1.165) is 13.1 Å². The van der Waals surface area contributed by atoms with Gasteiger partial charge in [-0.3, -0.25) is 0 Å². The summed E-state index contributed by atoms with van der Waals surface area (Å²) in [5, 5.41) is 0. The fourth-order valence-electron chi connectivity index (χ4n) is 0.112. The standard InChI is InChI=1S/C5H11N.C3H8.CH5N.Y/c1-4-6(3)5-2;1-3-2;1-2;/h1-2,4-5H2,3H3;3H2,1-2H3;2H2,1H3;/q-2;;;. The van der Waals surface area contributed by atoms with Gasteiger partial charge in [0.25, 0.3) is 0 Å². The first kappa shape index (κ1) is 23.1. The molecule has 0 saturated carbocycles. The third-order valence-electron chi connectivity index (χ3n) is 0.763. The molecule has 0 aromatic rings. The van der Waals surface area contributed by atoms with E-state index >= 15 is 0 Å². The van der Waals surface area contributed by atoms with Gasteiger partial charge in [0, 0.05) is 32.7 Å². The number of hydrogen-bond donors (Lipinski definition) is 1. The van der Waals surface area contributed by atoms with E-state index in [4.69, 9.17) is 0 Å². The fourth-order valence-corrected chi connectivity index (χ4v) is 0.112. The van der Waals surface area contributed by atoms with E-state index in [1.54, 1.807) is 0 Å². The number of nitrogens with two attached hydrogens (primary N) is 1. The Morgan fingerprint density at radius 1 is 1.08 bits per heavy atom. The van der Waals surface area contributed by atoms with Crippen molar-refractivity contribution in [3.05, 3.63) is 13.8 Å². The van der Waals surface area contributed by atoms with Gasteiger partial charge < -0.3 is 24.5 Å². The Kier molecular flexibility index (Phi) is 57.1. The van der Waals surface area contributed by atoms with Crippen LogP contribution in [-0.4, -0.2) is 32.1 Å². The third kappa shape index (κ3) is 43.9. The maximum absolute atomic E-state index is 4.50. The summed E-state index contributed by atoms with van der Waals surface area (Å²) in [4.78, 5) is 2.03. The van der Waals surface area contributed by atoms with Crippen molar-refractivity contribution in [3.63, 3.8) is 0 Å². The summed E-state index contributed by atoms with van der Waals surface area (Å²) in [6, 6.07) is 0. The smallest absolute Gasteiger partial charge is 0 e. The summed E-state index contributed by atoms with van der Waals surface area (Å²) < 4.78 is 0. The van der Waals surface area contributed by atoms with Crippen molar-refractivity contribution in [2.24, 2.45) is 5.73 Å². The van der Waals surface area contributed by atoms with Gasteiger partial charge in [0.05, 0.1) is 0 Å². The molecule has 1 radical (unpaired) electrons. The molecular weight excluding hydrogens is 225 g/mol. The predicted molar refractivity (Wildman–Crippen MR) is 54.3 cm³/mol. The van der Waals surface area contributed by atoms with Crippen molar-refractivity contribution >= 4 is 0 Å². The van der Waals surface area contributed by atoms with Crippen molar-refractivity contribution in [2.75, 3.05) is 27.2 Å². The summed E-state index contributed by atoms with van der Waals surface area (Å²) in [5.74, 6) is 0. The van der Waals surface area contributed by atoms with E-state index in [1.807, 2.05) is 11.9 Å². The van der Waals surface area contributed by atoms with Crippen LogP contribution < -0.4 is 5.73 Å². The molecule has 3 heteroatoms. The SMILES string of the molecule is CCC.CN.[CH2-]CN(C)C[CH2-].[Y]. The molecule has 12 heavy (non-hydrogen) atoms. The molecule has 0 rings (SSSR count). The van der Waals surface area contributed by atoms with E-state index in [-0.39, 0.29) is 32.7 Å². The van der Waals surface area contributed by atoms with Crippen LogP contribution >= 0.6 is 0 Å². The monoisotopic (exact) mass is 249 g/mol. The van der Waals surface area contributed by atoms with Crippen LogP contribution in [0.1, 0.15) is 20.3 Å². The Bertz CT molecular complexity index is 39.5. The molecule has 0 bridgehead atoms. The second kappa shape index (κ2) is 29.6. The van der Waals surface area contributed by atoms with Gasteiger partial charge in [0.1, 0.15) is 0 Å². The number of nitrogens with zero attached hydrogens (tertiary/aromatic N) is 1. The van der Waals surface area contributed by atoms with E-state index in [9.17, 15) is 0 Å². The molecule has 0 aliphatic heterocycles. The van der Waals surface area contributed by atoms with Crippen molar-refractivity contribution in [1.82, 2.24) is 4.90 Å². The van der Waals surface area contributed by atoms with Crippen molar-refractivity contribution in [2.45, 2.75) is 20.3 Å². The fraction of sp³-hybridized carbons (Fsp3) is 0.778. The molecule has 0 unspecified atom stereocenters. The van der Waals surface area contributed by atoms with Crippen LogP contribution in [0.25, 0.3) is 0 Å². The van der Waals surface area contributed by atoms with Crippen molar-refractivity contribution in [1.29, 1.82) is 0 Å². The minimum atomic E-state index is 0. The Hall–Kier alpha value is 1.02. The zero-order chi connectivity index (χ0) is 9.70. The van der Waals surface area contributed by atoms with Crippen LogP contribution in [0.15, 0.2) is 0 Å². The maximum Gasteiger partial charge on any atom is 0 e. The van der Waals surface area contributed by atoms with Gasteiger partial charge in [0.2, 0.25) is 0 Å². The molecule has 0 aliphatic rings. The van der Waals surface area contributed by atoms with E-state index in [2.05, 4.69) is 33.4 Å². The topological polar surface area (TPSA) is 29.3 Å². The minimum absolute atomic E-state index is 0. The third-order valence-corrected chi connectivity index (χ3v) is 0.763. The molecule has 0 amide bonds. The minimum Gasteiger partial charge on any atom is -0.365 e. The van der Waals surface area contributed by atoms with Crippen LogP contribution in [0.3, 0.4) is 0 Å². The summed E-state index contributed by atoms with van der Waals surface area (Å²) in [6.07, 6.45) is 1.25. The molecule has 0 spiro atoms. The summed E-state index contributed by atoms with van der Waals surface area (Å²) in [7, 11) is 3.49. The molecule has 0 fully saturated rings. The summed E-state index contributed by atoms with van der Waals surface area (Å²) in [6.45, 7) is 13.2. The normalized spacial score (nSPS) is 7.00. The van der Waals surface area contributed by atoms with Gasteiger partial charge in [-0.1, -0.05) is 20.3 Å². The number of rotatable bonds is 2. The van der Waals surface area contributed by atoms with E-state index in [1.165, 1.54) is 13.5 Å². The first-order chi connectivity index (χ1) is 5.22. The predicted octanol–water partition coefficient (Wildman–Crippen LogP) is 1.58. The van der Waals surface area contributed by atoms with Crippen LogP contribution in [0.5, 0.6) is 0 Å². The van der Waals surface area contributed by atoms with Gasteiger partial charge in [-0.15, -0.1) is 13.1 Å². The number of hydrogen-bond acceptors (Lipinski definition) is 2. The molecule has 75 valence electrons. The summed E-state index contributed by atoms with van der Waals surface area (Å²) >= 11 is 0. The Morgan fingerprint density at radius 3 is 1.25 bits per heavy atom. The first-order valence-corrected chi connectivity index (χ1v) is 4.07.